The Morgan fingerprint density at radius 2 is 1.75 bits per heavy atom. The molecule has 1 heterocycles. The van der Waals surface area contributed by atoms with E-state index in [-0.39, 0.29) is 0 Å². The van der Waals surface area contributed by atoms with Crippen molar-refractivity contribution in [1.29, 1.82) is 0 Å². The van der Waals surface area contributed by atoms with Crippen LogP contribution in [0.5, 0.6) is 11.5 Å². The lowest BCUT2D eigenvalue weighted by atomic mass is 10.1. The molecule has 0 atom stereocenters. The molecule has 2 aromatic carbocycles. The van der Waals surface area contributed by atoms with Crippen LogP contribution in [0, 0.1) is 6.92 Å². The van der Waals surface area contributed by atoms with E-state index in [0.717, 1.165) is 37.0 Å². The zero-order chi connectivity index (χ0) is 16.8. The van der Waals surface area contributed by atoms with E-state index in [1.165, 1.54) is 16.7 Å². The zero-order valence-corrected chi connectivity index (χ0v) is 14.1. The number of nitrogens with one attached hydrogen (secondary N) is 2. The van der Waals surface area contributed by atoms with Crippen LogP contribution in [0.1, 0.15) is 16.7 Å². The molecule has 0 saturated carbocycles. The first-order valence-electron chi connectivity index (χ1n) is 8.13. The fourth-order valence-corrected chi connectivity index (χ4v) is 2.53. The molecular weight excluding hydrogens is 302 g/mol. The van der Waals surface area contributed by atoms with Crippen molar-refractivity contribution in [2.45, 2.75) is 19.9 Å². The number of guanidine groups is 1. The molecule has 0 saturated heterocycles. The third-order valence-corrected chi connectivity index (χ3v) is 3.95. The SMILES string of the molecule is CN=C(NCCc1ccc2c(c1)OCO2)NCc1ccc(C)cc1. The summed E-state index contributed by atoms with van der Waals surface area (Å²) in [6, 6.07) is 14.6. The Hall–Kier alpha value is -2.69. The van der Waals surface area contributed by atoms with E-state index in [9.17, 15) is 0 Å². The van der Waals surface area contributed by atoms with E-state index in [2.05, 4.69) is 52.9 Å². The van der Waals surface area contributed by atoms with Crippen LogP contribution in [0.4, 0.5) is 0 Å². The average Bonchev–Trinajstić information content (AvgIpc) is 3.07. The van der Waals surface area contributed by atoms with Crippen LogP contribution in [0.15, 0.2) is 47.5 Å². The van der Waals surface area contributed by atoms with Crippen LogP contribution < -0.4 is 20.1 Å². The minimum atomic E-state index is 0.312. The number of rotatable bonds is 5. The summed E-state index contributed by atoms with van der Waals surface area (Å²) in [5.41, 5.74) is 3.71. The third kappa shape index (κ3) is 4.19. The number of ether oxygens (including phenoxy) is 2. The number of aryl methyl sites for hydroxylation is 1. The predicted octanol–water partition coefficient (Wildman–Crippen LogP) is 2.63. The largest absolute Gasteiger partial charge is 0.454 e. The van der Waals surface area contributed by atoms with Crippen LogP contribution in [-0.4, -0.2) is 26.3 Å². The highest BCUT2D eigenvalue weighted by Crippen LogP contribution is 2.32. The summed E-state index contributed by atoms with van der Waals surface area (Å²) >= 11 is 0. The van der Waals surface area contributed by atoms with Crippen LogP contribution in [0.25, 0.3) is 0 Å². The summed E-state index contributed by atoms with van der Waals surface area (Å²) in [6.45, 7) is 3.96. The Morgan fingerprint density at radius 1 is 1.00 bits per heavy atom. The minimum absolute atomic E-state index is 0.312. The molecule has 1 aliphatic rings. The van der Waals surface area contributed by atoms with Gasteiger partial charge in [0.15, 0.2) is 17.5 Å². The second-order valence-corrected chi connectivity index (χ2v) is 5.78. The molecule has 0 radical (unpaired) electrons. The van der Waals surface area contributed by atoms with Crippen molar-refractivity contribution >= 4 is 5.96 Å². The number of hydrogen-bond acceptors (Lipinski definition) is 3. The first-order valence-corrected chi connectivity index (χ1v) is 8.13. The number of aliphatic imine (C=N–C) groups is 1. The number of hydrogen-bond donors (Lipinski definition) is 2. The normalized spacial score (nSPS) is 13.0. The Morgan fingerprint density at radius 3 is 2.54 bits per heavy atom. The third-order valence-electron chi connectivity index (χ3n) is 3.95. The molecule has 2 N–H and O–H groups in total. The quantitative estimate of drug-likeness (QED) is 0.655. The Bertz CT molecular complexity index is 711. The van der Waals surface area contributed by atoms with Gasteiger partial charge in [0.2, 0.25) is 6.79 Å². The molecule has 5 nitrogen and oxygen atoms in total. The molecule has 0 aromatic heterocycles. The maximum absolute atomic E-state index is 5.40. The molecule has 2 aromatic rings. The van der Waals surface area contributed by atoms with Crippen LogP contribution in [0.2, 0.25) is 0 Å². The lowest BCUT2D eigenvalue weighted by Gasteiger charge is -2.12. The molecule has 3 rings (SSSR count). The highest BCUT2D eigenvalue weighted by atomic mass is 16.7. The van der Waals surface area contributed by atoms with Crippen molar-refractivity contribution in [2.24, 2.45) is 4.99 Å². The van der Waals surface area contributed by atoms with E-state index in [1.54, 1.807) is 7.05 Å². The van der Waals surface area contributed by atoms with Gasteiger partial charge in [0.1, 0.15) is 0 Å². The van der Waals surface area contributed by atoms with Crippen LogP contribution in [-0.2, 0) is 13.0 Å². The Labute approximate surface area is 142 Å². The zero-order valence-electron chi connectivity index (χ0n) is 14.1. The summed E-state index contributed by atoms with van der Waals surface area (Å²) in [7, 11) is 1.78. The van der Waals surface area contributed by atoms with E-state index in [0.29, 0.717) is 6.79 Å². The minimum Gasteiger partial charge on any atom is -0.454 e. The molecule has 24 heavy (non-hydrogen) atoms. The second-order valence-electron chi connectivity index (χ2n) is 5.78. The Balaban J connectivity index is 1.45. The number of benzene rings is 2. The molecular formula is C19H23N3O2. The van der Waals surface area contributed by atoms with Gasteiger partial charge in [0, 0.05) is 20.1 Å². The molecule has 1 aliphatic heterocycles. The smallest absolute Gasteiger partial charge is 0.231 e. The molecule has 0 spiro atoms. The van der Waals surface area contributed by atoms with E-state index >= 15 is 0 Å². The van der Waals surface area contributed by atoms with E-state index < -0.39 is 0 Å². The lowest BCUT2D eigenvalue weighted by Crippen LogP contribution is -2.37. The van der Waals surface area contributed by atoms with Crippen molar-refractivity contribution in [3.05, 3.63) is 59.2 Å². The molecule has 0 unspecified atom stereocenters. The van der Waals surface area contributed by atoms with Gasteiger partial charge in [-0.05, 0) is 36.6 Å². The molecule has 0 fully saturated rings. The molecule has 0 amide bonds. The van der Waals surface area contributed by atoms with Crippen molar-refractivity contribution in [2.75, 3.05) is 20.4 Å². The second kappa shape index (κ2) is 7.73. The predicted molar refractivity (Wildman–Crippen MR) is 95.6 cm³/mol. The topological polar surface area (TPSA) is 54.9 Å². The van der Waals surface area contributed by atoms with Gasteiger partial charge in [-0.3, -0.25) is 4.99 Å². The average molecular weight is 325 g/mol. The standard InChI is InChI=1S/C19H23N3O2/c1-14-3-5-16(6-4-14)12-22-19(20-2)21-10-9-15-7-8-17-18(11-15)24-13-23-17/h3-8,11H,9-10,12-13H2,1-2H3,(H2,20,21,22). The van der Waals surface area contributed by atoms with Gasteiger partial charge in [-0.2, -0.15) is 0 Å². The molecule has 0 aliphatic carbocycles. The molecule has 5 heteroatoms. The van der Waals surface area contributed by atoms with Gasteiger partial charge in [-0.1, -0.05) is 35.9 Å². The highest BCUT2D eigenvalue weighted by Gasteiger charge is 2.12. The number of nitrogens with zero attached hydrogens (tertiary/aromatic N) is 1. The van der Waals surface area contributed by atoms with Crippen LogP contribution >= 0.6 is 0 Å². The summed E-state index contributed by atoms with van der Waals surface area (Å²) in [5.74, 6) is 2.45. The van der Waals surface area contributed by atoms with Crippen molar-refractivity contribution < 1.29 is 9.47 Å². The summed E-state index contributed by atoms with van der Waals surface area (Å²) in [5, 5.41) is 6.66. The van der Waals surface area contributed by atoms with Crippen molar-refractivity contribution in [3.8, 4) is 11.5 Å². The monoisotopic (exact) mass is 325 g/mol. The molecule has 0 bridgehead atoms. The fraction of sp³-hybridized carbons (Fsp3) is 0.316. The fourth-order valence-electron chi connectivity index (χ4n) is 2.53. The highest BCUT2D eigenvalue weighted by molar-refractivity contribution is 5.79. The van der Waals surface area contributed by atoms with Crippen LogP contribution in [0.3, 0.4) is 0 Å². The summed E-state index contributed by atoms with van der Waals surface area (Å²) < 4.78 is 10.7. The van der Waals surface area contributed by atoms with Gasteiger partial charge in [-0.25, -0.2) is 0 Å². The summed E-state index contributed by atoms with van der Waals surface area (Å²) in [6.07, 6.45) is 0.891. The first-order chi connectivity index (χ1) is 11.7. The maximum atomic E-state index is 5.40. The van der Waals surface area contributed by atoms with Crippen molar-refractivity contribution in [3.63, 3.8) is 0 Å². The maximum Gasteiger partial charge on any atom is 0.231 e. The van der Waals surface area contributed by atoms with E-state index in [4.69, 9.17) is 9.47 Å². The van der Waals surface area contributed by atoms with Gasteiger partial charge in [0.05, 0.1) is 0 Å². The lowest BCUT2D eigenvalue weighted by molar-refractivity contribution is 0.174. The number of fused-ring (bicyclic) bond motifs is 1. The van der Waals surface area contributed by atoms with Gasteiger partial charge in [0.25, 0.3) is 0 Å². The Kier molecular flexibility index (Phi) is 5.21. The van der Waals surface area contributed by atoms with Crippen molar-refractivity contribution in [1.82, 2.24) is 10.6 Å². The van der Waals surface area contributed by atoms with Gasteiger partial charge >= 0.3 is 0 Å². The first kappa shape index (κ1) is 16.2. The summed E-state index contributed by atoms with van der Waals surface area (Å²) in [4.78, 5) is 4.26. The van der Waals surface area contributed by atoms with E-state index in [1.807, 2.05) is 12.1 Å². The van der Waals surface area contributed by atoms with Gasteiger partial charge in [-0.15, -0.1) is 0 Å². The molecule has 126 valence electrons. The van der Waals surface area contributed by atoms with Gasteiger partial charge < -0.3 is 20.1 Å².